The molecule has 0 bridgehead atoms. The van der Waals surface area contributed by atoms with Gasteiger partial charge in [-0.1, -0.05) is 0 Å². The van der Waals surface area contributed by atoms with Crippen LogP contribution in [0.15, 0.2) is 18.5 Å². The molecule has 1 N–H and O–H groups in total. The van der Waals surface area contributed by atoms with Crippen LogP contribution in [0.2, 0.25) is 0 Å². The number of benzene rings is 1. The van der Waals surface area contributed by atoms with E-state index in [1.165, 1.54) is 0 Å². The largest absolute Gasteiger partial charge is 0.351 e. The van der Waals surface area contributed by atoms with E-state index in [0.717, 1.165) is 48.7 Å². The van der Waals surface area contributed by atoms with E-state index in [2.05, 4.69) is 26.5 Å². The van der Waals surface area contributed by atoms with E-state index in [4.69, 9.17) is 4.98 Å². The number of fused-ring (bicyclic) bond motifs is 3. The highest BCUT2D eigenvalue weighted by Gasteiger charge is 2.19. The Balaban J connectivity index is 2.06. The standard InChI is InChI=1S/C15H15N7/c1-10-6-11(8-16)13-12(7-10)22-9-18-20-15(22)14(19-13)21-4-2-17-3-5-21/h6-7,9,17H,2-5H2,1H3. The fourth-order valence-electron chi connectivity index (χ4n) is 2.95. The van der Waals surface area contributed by atoms with Crippen LogP contribution in [-0.4, -0.2) is 45.8 Å². The molecule has 4 rings (SSSR count). The maximum Gasteiger partial charge on any atom is 0.204 e. The van der Waals surface area contributed by atoms with Crippen molar-refractivity contribution in [1.29, 1.82) is 5.26 Å². The fraction of sp³-hybridized carbons (Fsp3) is 0.333. The van der Waals surface area contributed by atoms with Gasteiger partial charge in [-0.2, -0.15) is 5.26 Å². The van der Waals surface area contributed by atoms with Crippen LogP contribution in [0.3, 0.4) is 0 Å². The van der Waals surface area contributed by atoms with Gasteiger partial charge in [-0.3, -0.25) is 4.40 Å². The summed E-state index contributed by atoms with van der Waals surface area (Å²) in [5.41, 5.74) is 3.92. The van der Waals surface area contributed by atoms with E-state index < -0.39 is 0 Å². The Labute approximate surface area is 127 Å². The molecule has 3 aromatic rings. The molecule has 3 heterocycles. The topological polar surface area (TPSA) is 82.1 Å². The van der Waals surface area contributed by atoms with Crippen molar-refractivity contribution in [2.24, 2.45) is 0 Å². The molecule has 0 saturated carbocycles. The summed E-state index contributed by atoms with van der Waals surface area (Å²) in [5.74, 6) is 0.798. The first-order valence-corrected chi connectivity index (χ1v) is 7.28. The molecule has 110 valence electrons. The normalized spacial score (nSPS) is 15.4. The van der Waals surface area contributed by atoms with Crippen LogP contribution in [0.4, 0.5) is 5.82 Å². The van der Waals surface area contributed by atoms with Crippen LogP contribution >= 0.6 is 0 Å². The molecule has 7 heteroatoms. The van der Waals surface area contributed by atoms with Crippen molar-refractivity contribution in [3.63, 3.8) is 0 Å². The van der Waals surface area contributed by atoms with Gasteiger partial charge in [0, 0.05) is 26.2 Å². The number of rotatable bonds is 1. The molecule has 22 heavy (non-hydrogen) atoms. The molecule has 2 aromatic heterocycles. The second-order valence-corrected chi connectivity index (χ2v) is 5.49. The Morgan fingerprint density at radius 1 is 1.27 bits per heavy atom. The van der Waals surface area contributed by atoms with Gasteiger partial charge < -0.3 is 10.2 Å². The SMILES string of the molecule is Cc1cc(C#N)c2nc(N3CCNCC3)c3nncn3c2c1. The molecular weight excluding hydrogens is 278 g/mol. The van der Waals surface area contributed by atoms with Gasteiger partial charge in [0.2, 0.25) is 5.65 Å². The Kier molecular flexibility index (Phi) is 2.91. The predicted molar refractivity (Wildman–Crippen MR) is 82.8 cm³/mol. The van der Waals surface area contributed by atoms with Gasteiger partial charge in [0.05, 0.1) is 11.1 Å². The molecule has 0 radical (unpaired) electrons. The van der Waals surface area contributed by atoms with Crippen molar-refractivity contribution < 1.29 is 0 Å². The molecule has 0 amide bonds. The second-order valence-electron chi connectivity index (χ2n) is 5.49. The highest BCUT2D eigenvalue weighted by Crippen LogP contribution is 2.26. The highest BCUT2D eigenvalue weighted by molar-refractivity contribution is 5.87. The summed E-state index contributed by atoms with van der Waals surface area (Å²) in [6.07, 6.45) is 1.69. The van der Waals surface area contributed by atoms with E-state index in [1.54, 1.807) is 6.33 Å². The molecule has 0 atom stereocenters. The molecule has 1 fully saturated rings. The van der Waals surface area contributed by atoms with E-state index in [9.17, 15) is 5.26 Å². The van der Waals surface area contributed by atoms with Crippen LogP contribution < -0.4 is 10.2 Å². The second kappa shape index (κ2) is 4.93. The molecule has 1 saturated heterocycles. The van der Waals surface area contributed by atoms with E-state index >= 15 is 0 Å². The summed E-state index contributed by atoms with van der Waals surface area (Å²) >= 11 is 0. The lowest BCUT2D eigenvalue weighted by molar-refractivity contribution is 0.586. The average molecular weight is 293 g/mol. The quantitative estimate of drug-likeness (QED) is 0.717. The van der Waals surface area contributed by atoms with Crippen molar-refractivity contribution >= 4 is 22.5 Å². The first-order chi connectivity index (χ1) is 10.8. The zero-order chi connectivity index (χ0) is 15.1. The Morgan fingerprint density at radius 3 is 2.86 bits per heavy atom. The first-order valence-electron chi connectivity index (χ1n) is 7.28. The number of nitrogens with one attached hydrogen (secondary N) is 1. The van der Waals surface area contributed by atoms with E-state index in [0.29, 0.717) is 11.1 Å². The molecule has 0 aliphatic carbocycles. The monoisotopic (exact) mass is 293 g/mol. The number of anilines is 1. The Morgan fingerprint density at radius 2 is 2.09 bits per heavy atom. The third kappa shape index (κ3) is 1.89. The molecule has 1 aliphatic heterocycles. The van der Waals surface area contributed by atoms with E-state index in [-0.39, 0.29) is 0 Å². The van der Waals surface area contributed by atoms with Gasteiger partial charge in [-0.15, -0.1) is 10.2 Å². The van der Waals surface area contributed by atoms with Crippen LogP contribution in [0.5, 0.6) is 0 Å². The van der Waals surface area contributed by atoms with Gasteiger partial charge in [0.1, 0.15) is 17.9 Å². The number of aromatic nitrogens is 4. The van der Waals surface area contributed by atoms with Gasteiger partial charge in [0.15, 0.2) is 5.82 Å². The number of aryl methyl sites for hydroxylation is 1. The molecule has 1 aromatic carbocycles. The minimum absolute atomic E-state index is 0.585. The number of hydrogen-bond acceptors (Lipinski definition) is 6. The van der Waals surface area contributed by atoms with Crippen molar-refractivity contribution in [2.45, 2.75) is 6.92 Å². The Hall–Kier alpha value is -2.72. The lowest BCUT2D eigenvalue weighted by Gasteiger charge is -2.28. The van der Waals surface area contributed by atoms with Gasteiger partial charge in [0.25, 0.3) is 0 Å². The summed E-state index contributed by atoms with van der Waals surface area (Å²) in [7, 11) is 0. The molecule has 7 nitrogen and oxygen atoms in total. The van der Waals surface area contributed by atoms with Crippen LogP contribution in [-0.2, 0) is 0 Å². The highest BCUT2D eigenvalue weighted by atomic mass is 15.3. The van der Waals surface area contributed by atoms with Crippen LogP contribution in [0.25, 0.3) is 16.7 Å². The summed E-state index contributed by atoms with van der Waals surface area (Å²) in [5, 5.41) is 21.0. The minimum Gasteiger partial charge on any atom is -0.351 e. The smallest absolute Gasteiger partial charge is 0.204 e. The zero-order valence-corrected chi connectivity index (χ0v) is 12.2. The van der Waals surface area contributed by atoms with Gasteiger partial charge in [-0.25, -0.2) is 4.98 Å². The lowest BCUT2D eigenvalue weighted by Crippen LogP contribution is -2.44. The number of nitrogens with zero attached hydrogens (tertiary/aromatic N) is 6. The third-order valence-electron chi connectivity index (χ3n) is 4.00. The lowest BCUT2D eigenvalue weighted by atomic mass is 10.1. The Bertz CT molecular complexity index is 900. The number of hydrogen-bond donors (Lipinski definition) is 1. The fourth-order valence-corrected chi connectivity index (χ4v) is 2.95. The van der Waals surface area contributed by atoms with Crippen molar-refractivity contribution in [2.75, 3.05) is 31.1 Å². The number of piperazine rings is 1. The minimum atomic E-state index is 0.585. The maximum atomic E-state index is 9.43. The van der Waals surface area contributed by atoms with Crippen LogP contribution in [0, 0.1) is 18.3 Å². The number of nitriles is 1. The summed E-state index contributed by atoms with van der Waals surface area (Å²) in [6.45, 7) is 5.54. The molecule has 1 aliphatic rings. The predicted octanol–water partition coefficient (Wildman–Crippen LogP) is 0.867. The van der Waals surface area contributed by atoms with Crippen molar-refractivity contribution in [1.82, 2.24) is 24.9 Å². The van der Waals surface area contributed by atoms with E-state index in [1.807, 2.05) is 23.5 Å². The zero-order valence-electron chi connectivity index (χ0n) is 12.2. The molecular formula is C15H15N7. The van der Waals surface area contributed by atoms with Crippen LogP contribution in [0.1, 0.15) is 11.1 Å². The van der Waals surface area contributed by atoms with Gasteiger partial charge in [-0.05, 0) is 24.6 Å². The van der Waals surface area contributed by atoms with Crippen molar-refractivity contribution in [3.05, 3.63) is 29.6 Å². The molecule has 0 unspecified atom stereocenters. The third-order valence-corrected chi connectivity index (χ3v) is 4.00. The summed E-state index contributed by atoms with van der Waals surface area (Å²) in [6, 6.07) is 6.13. The maximum absolute atomic E-state index is 9.43. The summed E-state index contributed by atoms with van der Waals surface area (Å²) < 4.78 is 1.92. The summed E-state index contributed by atoms with van der Waals surface area (Å²) in [4.78, 5) is 6.96. The first kappa shape index (κ1) is 13.0. The average Bonchev–Trinajstić information content (AvgIpc) is 3.04. The molecule has 0 spiro atoms. The van der Waals surface area contributed by atoms with Gasteiger partial charge >= 0.3 is 0 Å². The van der Waals surface area contributed by atoms with Crippen molar-refractivity contribution in [3.8, 4) is 6.07 Å².